The van der Waals surface area contributed by atoms with E-state index in [1.807, 2.05) is 24.3 Å². The molecule has 3 aliphatic heterocycles. The average molecular weight is 459 g/mol. The van der Waals surface area contributed by atoms with E-state index in [0.29, 0.717) is 19.1 Å². The van der Waals surface area contributed by atoms with E-state index in [9.17, 15) is 4.39 Å². The molecule has 7 heteroatoms. The number of hydrogen-bond donors (Lipinski definition) is 0. The summed E-state index contributed by atoms with van der Waals surface area (Å²) in [5, 5.41) is 0. The Morgan fingerprint density at radius 3 is 2.27 bits per heavy atom. The molecule has 2 bridgehead atoms. The Balaban J connectivity index is 1.17. The van der Waals surface area contributed by atoms with Gasteiger partial charge in [0.15, 0.2) is 11.9 Å². The van der Waals surface area contributed by atoms with Crippen LogP contribution >= 0.6 is 0 Å². The highest BCUT2D eigenvalue weighted by molar-refractivity contribution is 5.26. The van der Waals surface area contributed by atoms with Gasteiger partial charge in [-0.3, -0.25) is 0 Å². The summed E-state index contributed by atoms with van der Waals surface area (Å²) in [6.45, 7) is 0.947. The number of benzene rings is 2. The largest absolute Gasteiger partial charge is 0.353 e. The molecule has 4 fully saturated rings. The van der Waals surface area contributed by atoms with Crippen molar-refractivity contribution >= 4 is 0 Å². The fourth-order valence-corrected chi connectivity index (χ4v) is 5.31. The minimum absolute atomic E-state index is 0.155. The Morgan fingerprint density at radius 2 is 1.58 bits per heavy atom. The SMILES string of the molecule is CO[C@H]1OC2(c3ccc(COCOCc4ccc(F)cc4)cc3)CC[C@H]3CCCC[C@]31OO2. The van der Waals surface area contributed by atoms with Crippen LogP contribution in [0.5, 0.6) is 0 Å². The van der Waals surface area contributed by atoms with Crippen molar-refractivity contribution in [3.63, 3.8) is 0 Å². The summed E-state index contributed by atoms with van der Waals surface area (Å²) in [7, 11) is 1.68. The Bertz CT molecular complexity index is 915. The molecule has 1 unspecified atom stereocenters. The predicted octanol–water partition coefficient (Wildman–Crippen LogP) is 5.34. The molecule has 6 nitrogen and oxygen atoms in total. The zero-order chi connectivity index (χ0) is 22.7. The van der Waals surface area contributed by atoms with Gasteiger partial charge in [0.2, 0.25) is 5.79 Å². The minimum atomic E-state index is -0.957. The number of methoxy groups -OCH3 is 1. The van der Waals surface area contributed by atoms with Crippen LogP contribution in [0.1, 0.15) is 55.2 Å². The van der Waals surface area contributed by atoms with Gasteiger partial charge < -0.3 is 18.9 Å². The van der Waals surface area contributed by atoms with E-state index in [1.54, 1.807) is 19.2 Å². The molecule has 2 aromatic rings. The van der Waals surface area contributed by atoms with Gasteiger partial charge >= 0.3 is 0 Å². The van der Waals surface area contributed by atoms with E-state index in [0.717, 1.165) is 48.8 Å². The lowest BCUT2D eigenvalue weighted by molar-refractivity contribution is -0.558. The zero-order valence-corrected chi connectivity index (χ0v) is 19.0. The Kier molecular flexibility index (Phi) is 6.79. The summed E-state index contributed by atoms with van der Waals surface area (Å²) in [6.07, 6.45) is 5.58. The second kappa shape index (κ2) is 9.78. The number of hydrogen-bond acceptors (Lipinski definition) is 6. The van der Waals surface area contributed by atoms with Gasteiger partial charge in [-0.25, -0.2) is 9.28 Å². The molecule has 2 aromatic carbocycles. The summed E-state index contributed by atoms with van der Waals surface area (Å²) < 4.78 is 36.3. The summed E-state index contributed by atoms with van der Waals surface area (Å²) >= 11 is 0. The van der Waals surface area contributed by atoms with Crippen molar-refractivity contribution in [1.82, 2.24) is 0 Å². The molecule has 33 heavy (non-hydrogen) atoms. The highest BCUT2D eigenvalue weighted by atomic mass is 19.1. The molecule has 6 rings (SSSR count). The first-order chi connectivity index (χ1) is 16.1. The van der Waals surface area contributed by atoms with Gasteiger partial charge in [0, 0.05) is 19.1 Å². The lowest BCUT2D eigenvalue weighted by Crippen LogP contribution is -2.59. The molecule has 3 saturated heterocycles. The molecule has 4 atom stereocenters. The normalized spacial score (nSPS) is 31.2. The molecule has 1 saturated carbocycles. The van der Waals surface area contributed by atoms with Crippen LogP contribution in [-0.4, -0.2) is 25.8 Å². The second-order valence-corrected chi connectivity index (χ2v) is 9.18. The molecule has 3 heterocycles. The monoisotopic (exact) mass is 458 g/mol. The van der Waals surface area contributed by atoms with E-state index in [-0.39, 0.29) is 12.6 Å². The maximum atomic E-state index is 12.9. The molecule has 0 radical (unpaired) electrons. The van der Waals surface area contributed by atoms with Gasteiger partial charge in [-0.05, 0) is 48.4 Å². The number of rotatable bonds is 8. The van der Waals surface area contributed by atoms with Crippen molar-refractivity contribution in [2.75, 3.05) is 13.9 Å². The summed E-state index contributed by atoms with van der Waals surface area (Å²) in [5.74, 6) is -0.836. The Morgan fingerprint density at radius 1 is 0.879 bits per heavy atom. The van der Waals surface area contributed by atoms with Gasteiger partial charge in [0.1, 0.15) is 12.6 Å². The van der Waals surface area contributed by atoms with Crippen LogP contribution in [0.15, 0.2) is 48.5 Å². The van der Waals surface area contributed by atoms with E-state index >= 15 is 0 Å². The lowest BCUT2D eigenvalue weighted by Gasteiger charge is -2.49. The molecular weight excluding hydrogens is 427 g/mol. The first kappa shape index (κ1) is 22.9. The fraction of sp³-hybridized carbons (Fsp3) is 0.538. The van der Waals surface area contributed by atoms with Gasteiger partial charge in [-0.1, -0.05) is 49.2 Å². The molecule has 1 spiro atoms. The van der Waals surface area contributed by atoms with Crippen LogP contribution < -0.4 is 0 Å². The number of fused-ring (bicyclic) bond motifs is 3. The first-order valence-corrected chi connectivity index (χ1v) is 11.7. The summed E-state index contributed by atoms with van der Waals surface area (Å²) in [4.78, 5) is 12.1. The average Bonchev–Trinajstić information content (AvgIpc) is 3.11. The van der Waals surface area contributed by atoms with E-state index in [2.05, 4.69) is 0 Å². The van der Waals surface area contributed by atoms with Crippen LogP contribution in [0.25, 0.3) is 0 Å². The van der Waals surface area contributed by atoms with Crippen molar-refractivity contribution in [2.45, 2.75) is 69.4 Å². The van der Waals surface area contributed by atoms with Gasteiger partial charge in [0.05, 0.1) is 13.2 Å². The van der Waals surface area contributed by atoms with Crippen LogP contribution in [0.4, 0.5) is 4.39 Å². The summed E-state index contributed by atoms with van der Waals surface area (Å²) in [6, 6.07) is 14.2. The fourth-order valence-electron chi connectivity index (χ4n) is 5.31. The molecule has 0 N–H and O–H groups in total. The van der Waals surface area contributed by atoms with Crippen molar-refractivity contribution in [3.05, 3.63) is 71.0 Å². The second-order valence-electron chi connectivity index (χ2n) is 9.18. The van der Waals surface area contributed by atoms with Gasteiger partial charge in [-0.2, -0.15) is 4.89 Å². The first-order valence-electron chi connectivity index (χ1n) is 11.7. The van der Waals surface area contributed by atoms with E-state index in [4.69, 9.17) is 28.7 Å². The maximum absolute atomic E-state index is 12.9. The van der Waals surface area contributed by atoms with Gasteiger partial charge in [-0.15, -0.1) is 0 Å². The van der Waals surface area contributed by atoms with Crippen molar-refractivity contribution in [3.8, 4) is 0 Å². The third-order valence-electron chi connectivity index (χ3n) is 7.14. The van der Waals surface area contributed by atoms with Crippen molar-refractivity contribution < 1.29 is 33.1 Å². The zero-order valence-electron chi connectivity index (χ0n) is 19.0. The topological polar surface area (TPSA) is 55.4 Å². The van der Waals surface area contributed by atoms with Crippen LogP contribution in [0.3, 0.4) is 0 Å². The van der Waals surface area contributed by atoms with E-state index < -0.39 is 17.7 Å². The highest BCUT2D eigenvalue weighted by Crippen LogP contribution is 2.55. The van der Waals surface area contributed by atoms with Crippen molar-refractivity contribution in [2.24, 2.45) is 5.92 Å². The molecular formula is C26H31FO6. The minimum Gasteiger partial charge on any atom is -0.353 e. The third-order valence-corrected chi connectivity index (χ3v) is 7.14. The van der Waals surface area contributed by atoms with Crippen molar-refractivity contribution in [1.29, 1.82) is 0 Å². The third kappa shape index (κ3) is 4.58. The smallest absolute Gasteiger partial charge is 0.230 e. The van der Waals surface area contributed by atoms with Crippen LogP contribution in [0.2, 0.25) is 0 Å². The number of halogens is 1. The standard InChI is InChI=1S/C26H31FO6/c1-28-24-25-14-3-2-4-21(25)13-15-26(31-24,33-32-25)22-9-5-19(6-10-22)16-29-18-30-17-20-7-11-23(27)12-8-20/h5-12,21,24H,2-4,13-18H2,1H3/t21-,24+,25+,26?/m1/s1. The number of ether oxygens (including phenoxy) is 4. The molecule has 1 aliphatic carbocycles. The molecule has 178 valence electrons. The van der Waals surface area contributed by atoms with E-state index in [1.165, 1.54) is 18.6 Å². The van der Waals surface area contributed by atoms with Crippen LogP contribution in [0, 0.1) is 11.7 Å². The van der Waals surface area contributed by atoms with Crippen LogP contribution in [-0.2, 0) is 47.7 Å². The quantitative estimate of drug-likeness (QED) is 0.302. The molecule has 4 aliphatic rings. The Labute approximate surface area is 193 Å². The van der Waals surface area contributed by atoms with Gasteiger partial charge in [0.25, 0.3) is 0 Å². The summed E-state index contributed by atoms with van der Waals surface area (Å²) in [5.41, 5.74) is 2.32. The predicted molar refractivity (Wildman–Crippen MR) is 117 cm³/mol. The maximum Gasteiger partial charge on any atom is 0.230 e. The Hall–Kier alpha value is -1.87. The highest BCUT2D eigenvalue weighted by Gasteiger charge is 2.61. The lowest BCUT2D eigenvalue weighted by atomic mass is 9.73. The molecule has 0 amide bonds. The molecule has 0 aromatic heterocycles.